The summed E-state index contributed by atoms with van der Waals surface area (Å²) in [6.07, 6.45) is -6.37. The van der Waals surface area contributed by atoms with E-state index in [0.29, 0.717) is 5.56 Å². The first-order chi connectivity index (χ1) is 10.3. The van der Waals surface area contributed by atoms with E-state index in [1.807, 2.05) is 0 Å². The van der Waals surface area contributed by atoms with Gasteiger partial charge in [0, 0.05) is 11.8 Å². The molecule has 0 spiro atoms. The first-order valence-electron chi connectivity index (χ1n) is 6.44. The predicted octanol–water partition coefficient (Wildman–Crippen LogP) is 3.28. The monoisotopic (exact) mass is 313 g/mol. The minimum atomic E-state index is -4.86. The third-order valence-corrected chi connectivity index (χ3v) is 3.13. The Balaban J connectivity index is 2.17. The molecule has 0 saturated heterocycles. The molecule has 1 aromatic heterocycles. The molecule has 1 heterocycles. The molecule has 7 heteroatoms. The Morgan fingerprint density at radius 1 is 1.32 bits per heavy atom. The quantitative estimate of drug-likeness (QED) is 0.852. The Kier molecular flexibility index (Phi) is 4.56. The lowest BCUT2D eigenvalue weighted by Crippen LogP contribution is -2.23. The van der Waals surface area contributed by atoms with Gasteiger partial charge in [-0.1, -0.05) is 30.3 Å². The maximum Gasteiger partial charge on any atom is 0.418 e. The van der Waals surface area contributed by atoms with Crippen molar-refractivity contribution in [2.45, 2.75) is 25.8 Å². The standard InChI is InChI=1S/C15H14F3NO3/c1-9-7-19-12(11(9)13(20)15(16,17)18)14(21)22-8-10-5-3-2-4-6-10/h2-7,13,19-20H,8H2,1H3/t13-/m0/s1. The fraction of sp³-hybridized carbons (Fsp3) is 0.267. The lowest BCUT2D eigenvalue weighted by Gasteiger charge is -2.16. The molecule has 1 atom stereocenters. The van der Waals surface area contributed by atoms with Gasteiger partial charge in [0.15, 0.2) is 6.10 Å². The average Bonchev–Trinajstić information content (AvgIpc) is 2.85. The van der Waals surface area contributed by atoms with Crippen LogP contribution in [0.25, 0.3) is 0 Å². The van der Waals surface area contributed by atoms with Gasteiger partial charge in [-0.3, -0.25) is 0 Å². The second-order valence-corrected chi connectivity index (χ2v) is 4.77. The number of aliphatic hydroxyl groups is 1. The average molecular weight is 313 g/mol. The van der Waals surface area contributed by atoms with Gasteiger partial charge in [0.1, 0.15) is 12.3 Å². The number of aliphatic hydroxyl groups excluding tert-OH is 1. The number of hydrogen-bond donors (Lipinski definition) is 2. The van der Waals surface area contributed by atoms with Gasteiger partial charge in [-0.15, -0.1) is 0 Å². The summed E-state index contributed by atoms with van der Waals surface area (Å²) in [6, 6.07) is 8.73. The van der Waals surface area contributed by atoms with Crippen molar-refractivity contribution in [2.24, 2.45) is 0 Å². The summed E-state index contributed by atoms with van der Waals surface area (Å²) in [7, 11) is 0. The number of alkyl halides is 3. The smallest absolute Gasteiger partial charge is 0.418 e. The number of carbonyl (C=O) groups excluding carboxylic acids is 1. The molecule has 2 rings (SSSR count). The zero-order chi connectivity index (χ0) is 16.3. The fourth-order valence-electron chi connectivity index (χ4n) is 2.01. The highest BCUT2D eigenvalue weighted by atomic mass is 19.4. The van der Waals surface area contributed by atoms with Crippen LogP contribution in [0.1, 0.15) is 33.3 Å². The van der Waals surface area contributed by atoms with E-state index in [1.165, 1.54) is 13.1 Å². The molecule has 0 amide bonds. The summed E-state index contributed by atoms with van der Waals surface area (Å²) in [5.74, 6) is -0.949. The molecule has 0 bridgehead atoms. The number of H-pyrrole nitrogens is 1. The van der Waals surface area contributed by atoms with Crippen molar-refractivity contribution in [2.75, 3.05) is 0 Å². The van der Waals surface area contributed by atoms with Crippen LogP contribution in [0.3, 0.4) is 0 Å². The molecular weight excluding hydrogens is 299 g/mol. The number of rotatable bonds is 4. The normalized spacial score (nSPS) is 13.0. The molecule has 22 heavy (non-hydrogen) atoms. The van der Waals surface area contributed by atoms with Crippen LogP contribution in [0, 0.1) is 6.92 Å². The zero-order valence-corrected chi connectivity index (χ0v) is 11.6. The first-order valence-corrected chi connectivity index (χ1v) is 6.44. The van der Waals surface area contributed by atoms with E-state index < -0.39 is 29.5 Å². The molecule has 4 nitrogen and oxygen atoms in total. The van der Waals surface area contributed by atoms with Gasteiger partial charge in [0.25, 0.3) is 0 Å². The number of ether oxygens (including phenoxy) is 1. The molecule has 0 aliphatic heterocycles. The molecule has 0 aliphatic carbocycles. The van der Waals surface area contributed by atoms with E-state index in [2.05, 4.69) is 4.98 Å². The predicted molar refractivity (Wildman–Crippen MR) is 72.1 cm³/mol. The van der Waals surface area contributed by atoms with Gasteiger partial charge in [-0.2, -0.15) is 13.2 Å². The van der Waals surface area contributed by atoms with Crippen molar-refractivity contribution in [3.8, 4) is 0 Å². The number of benzene rings is 1. The Bertz CT molecular complexity index is 650. The van der Waals surface area contributed by atoms with E-state index in [4.69, 9.17) is 4.74 Å². The third-order valence-electron chi connectivity index (χ3n) is 3.13. The Labute approximate surface area is 124 Å². The van der Waals surface area contributed by atoms with Crippen LogP contribution in [0.15, 0.2) is 36.5 Å². The van der Waals surface area contributed by atoms with Gasteiger partial charge >= 0.3 is 12.1 Å². The van der Waals surface area contributed by atoms with Crippen LogP contribution < -0.4 is 0 Å². The number of halogens is 3. The van der Waals surface area contributed by atoms with Crippen molar-refractivity contribution in [1.82, 2.24) is 4.98 Å². The van der Waals surface area contributed by atoms with Crippen molar-refractivity contribution in [3.63, 3.8) is 0 Å². The SMILES string of the molecule is Cc1c[nH]c(C(=O)OCc2ccccc2)c1[C@H](O)C(F)(F)F. The summed E-state index contributed by atoms with van der Waals surface area (Å²) in [6.45, 7) is 1.30. The minimum Gasteiger partial charge on any atom is -0.456 e. The molecule has 0 fully saturated rings. The largest absolute Gasteiger partial charge is 0.456 e. The van der Waals surface area contributed by atoms with E-state index in [-0.39, 0.29) is 12.2 Å². The molecule has 0 radical (unpaired) electrons. The number of carbonyl (C=O) groups is 1. The molecule has 0 aliphatic rings. The summed E-state index contributed by atoms with van der Waals surface area (Å²) in [5, 5.41) is 9.39. The molecule has 118 valence electrons. The highest BCUT2D eigenvalue weighted by Gasteiger charge is 2.42. The highest BCUT2D eigenvalue weighted by molar-refractivity contribution is 5.89. The zero-order valence-electron chi connectivity index (χ0n) is 11.6. The van der Waals surface area contributed by atoms with E-state index in [9.17, 15) is 23.1 Å². The Morgan fingerprint density at radius 3 is 2.55 bits per heavy atom. The minimum absolute atomic E-state index is 0.0701. The van der Waals surface area contributed by atoms with Crippen molar-refractivity contribution in [3.05, 3.63) is 58.9 Å². The summed E-state index contributed by atoms with van der Waals surface area (Å²) < 4.78 is 43.0. The highest BCUT2D eigenvalue weighted by Crippen LogP contribution is 2.36. The fourth-order valence-corrected chi connectivity index (χ4v) is 2.01. The van der Waals surface area contributed by atoms with E-state index in [0.717, 1.165) is 0 Å². The van der Waals surface area contributed by atoms with Gasteiger partial charge in [0.05, 0.1) is 0 Å². The number of esters is 1. The number of aryl methyl sites for hydroxylation is 1. The number of nitrogens with one attached hydrogen (secondary N) is 1. The Hall–Kier alpha value is -2.28. The lowest BCUT2D eigenvalue weighted by molar-refractivity contribution is -0.207. The number of hydrogen-bond acceptors (Lipinski definition) is 3. The van der Waals surface area contributed by atoms with Gasteiger partial charge in [-0.05, 0) is 18.1 Å². The second kappa shape index (κ2) is 6.23. The van der Waals surface area contributed by atoms with Crippen molar-refractivity contribution in [1.29, 1.82) is 0 Å². The summed E-state index contributed by atoms with van der Waals surface area (Å²) in [4.78, 5) is 14.4. The van der Waals surface area contributed by atoms with Crippen LogP contribution in [0.2, 0.25) is 0 Å². The summed E-state index contributed by atoms with van der Waals surface area (Å²) >= 11 is 0. The van der Waals surface area contributed by atoms with Gasteiger partial charge in [0.2, 0.25) is 0 Å². The van der Waals surface area contributed by atoms with Crippen molar-refractivity contribution >= 4 is 5.97 Å². The third kappa shape index (κ3) is 3.48. The second-order valence-electron chi connectivity index (χ2n) is 4.77. The number of aromatic amines is 1. The van der Waals surface area contributed by atoms with Gasteiger partial charge in [-0.25, -0.2) is 4.79 Å². The molecule has 1 aromatic carbocycles. The van der Waals surface area contributed by atoms with Crippen molar-refractivity contribution < 1.29 is 27.8 Å². The lowest BCUT2D eigenvalue weighted by atomic mass is 10.1. The topological polar surface area (TPSA) is 62.3 Å². The van der Waals surface area contributed by atoms with Crippen LogP contribution in [-0.2, 0) is 11.3 Å². The van der Waals surface area contributed by atoms with E-state index >= 15 is 0 Å². The first kappa shape index (κ1) is 16.1. The maximum atomic E-state index is 12.7. The molecule has 2 N–H and O–H groups in total. The molecule has 0 unspecified atom stereocenters. The summed E-state index contributed by atoms with van der Waals surface area (Å²) in [5.41, 5.74) is -0.0580. The Morgan fingerprint density at radius 2 is 1.95 bits per heavy atom. The maximum absolute atomic E-state index is 12.7. The molecular formula is C15H14F3NO3. The van der Waals surface area contributed by atoms with Crippen LogP contribution in [0.5, 0.6) is 0 Å². The van der Waals surface area contributed by atoms with E-state index in [1.54, 1.807) is 30.3 Å². The molecule has 2 aromatic rings. The molecule has 0 saturated carbocycles. The van der Waals surface area contributed by atoms with Crippen LogP contribution in [0.4, 0.5) is 13.2 Å². The van der Waals surface area contributed by atoms with Gasteiger partial charge < -0.3 is 14.8 Å². The van der Waals surface area contributed by atoms with Crippen LogP contribution >= 0.6 is 0 Å². The number of aromatic nitrogens is 1. The van der Waals surface area contributed by atoms with Crippen LogP contribution in [-0.4, -0.2) is 22.2 Å².